The van der Waals surface area contributed by atoms with Crippen molar-refractivity contribution in [3.63, 3.8) is 0 Å². The van der Waals surface area contributed by atoms with E-state index in [2.05, 4.69) is 4.57 Å². The summed E-state index contributed by atoms with van der Waals surface area (Å²) in [6.07, 6.45) is 2.75. The van der Waals surface area contributed by atoms with E-state index in [1.165, 1.54) is 36.9 Å². The predicted octanol–water partition coefficient (Wildman–Crippen LogP) is 1.22. The Morgan fingerprint density at radius 2 is 1.89 bits per heavy atom. The zero-order chi connectivity index (χ0) is 24.1. The fraction of sp³-hybridized carbons (Fsp3) is 0.154. The first-order valence-electron chi connectivity index (χ1n) is 11.0. The number of halogens is 1. The molecule has 0 aliphatic carbocycles. The number of non-ortho nitro benzene ring substituents is 1. The highest BCUT2D eigenvalue weighted by atomic mass is 35.5. The van der Waals surface area contributed by atoms with Crippen LogP contribution >= 0.6 is 0 Å². The Kier molecular flexibility index (Phi) is 5.85. The smallest absolute Gasteiger partial charge is 0.343 e. The number of ether oxygens (including phenoxy) is 4. The van der Waals surface area contributed by atoms with Crippen LogP contribution in [0.1, 0.15) is 15.9 Å². The number of aromatic nitrogens is 1. The van der Waals surface area contributed by atoms with Crippen LogP contribution in [0.3, 0.4) is 0 Å². The SMILES string of the molecule is COc1ccc2cc3[n+](cc2c1OC(=O)c1cccc([N+](=O)[O-])c1)CCc1cc2c(cc1-3)OCO2.[Cl-]. The Bertz CT molecular complexity index is 1550. The van der Waals surface area contributed by atoms with Crippen molar-refractivity contribution in [2.45, 2.75) is 13.0 Å². The number of rotatable bonds is 4. The van der Waals surface area contributed by atoms with E-state index < -0.39 is 10.9 Å². The third kappa shape index (κ3) is 3.83. The molecule has 4 aromatic rings. The molecule has 0 unspecified atom stereocenters. The minimum absolute atomic E-state index is 0. The molecule has 0 atom stereocenters. The number of benzene rings is 3. The van der Waals surface area contributed by atoms with Gasteiger partial charge in [-0.15, -0.1) is 0 Å². The molecule has 182 valence electrons. The summed E-state index contributed by atoms with van der Waals surface area (Å²) >= 11 is 0. The molecule has 0 saturated heterocycles. The summed E-state index contributed by atoms with van der Waals surface area (Å²) in [4.78, 5) is 23.5. The molecule has 2 aliphatic rings. The van der Waals surface area contributed by atoms with Crippen molar-refractivity contribution >= 4 is 22.4 Å². The van der Waals surface area contributed by atoms with Crippen LogP contribution in [0.15, 0.2) is 60.8 Å². The van der Waals surface area contributed by atoms with Crippen LogP contribution in [0.4, 0.5) is 5.69 Å². The van der Waals surface area contributed by atoms with Crippen LogP contribution in [0.25, 0.3) is 22.0 Å². The third-order valence-corrected chi connectivity index (χ3v) is 6.28. The van der Waals surface area contributed by atoms with Gasteiger partial charge in [0.05, 0.1) is 28.5 Å². The van der Waals surface area contributed by atoms with Gasteiger partial charge in [-0.1, -0.05) is 6.07 Å². The lowest BCUT2D eigenvalue weighted by Gasteiger charge is -2.17. The zero-order valence-electron chi connectivity index (χ0n) is 19.0. The van der Waals surface area contributed by atoms with Gasteiger partial charge in [-0.3, -0.25) is 10.1 Å². The van der Waals surface area contributed by atoms with Gasteiger partial charge in [0.1, 0.15) is 0 Å². The summed E-state index contributed by atoms with van der Waals surface area (Å²) in [5.41, 5.74) is 3.15. The maximum atomic E-state index is 12.9. The number of carbonyl (C=O) groups excluding carboxylic acids is 1. The normalized spacial score (nSPS) is 12.8. The first-order chi connectivity index (χ1) is 17.0. The maximum Gasteiger partial charge on any atom is 0.343 e. The lowest BCUT2D eigenvalue weighted by Crippen LogP contribution is -3.00. The lowest BCUT2D eigenvalue weighted by molar-refractivity contribution is -0.686. The highest BCUT2D eigenvalue weighted by Crippen LogP contribution is 2.41. The molecule has 9 nitrogen and oxygen atoms in total. The summed E-state index contributed by atoms with van der Waals surface area (Å²) in [5, 5.41) is 12.7. The molecule has 0 N–H and O–H groups in total. The molecule has 0 saturated carbocycles. The highest BCUT2D eigenvalue weighted by molar-refractivity contribution is 5.97. The quantitative estimate of drug-likeness (QED) is 0.135. The number of fused-ring (bicyclic) bond motifs is 5. The number of pyridine rings is 1. The molecule has 3 heterocycles. The second-order valence-corrected chi connectivity index (χ2v) is 8.26. The molecule has 1 aromatic heterocycles. The monoisotopic (exact) mass is 506 g/mol. The van der Waals surface area contributed by atoms with E-state index in [9.17, 15) is 14.9 Å². The average Bonchev–Trinajstić information content (AvgIpc) is 3.34. The van der Waals surface area contributed by atoms with Crippen molar-refractivity contribution in [2.24, 2.45) is 0 Å². The van der Waals surface area contributed by atoms with Gasteiger partial charge in [-0.25, -0.2) is 4.79 Å². The number of esters is 1. The van der Waals surface area contributed by atoms with Gasteiger partial charge in [-0.05, 0) is 41.3 Å². The van der Waals surface area contributed by atoms with Crippen LogP contribution in [-0.2, 0) is 13.0 Å². The summed E-state index contributed by atoms with van der Waals surface area (Å²) < 4.78 is 24.4. The van der Waals surface area contributed by atoms with E-state index in [4.69, 9.17) is 18.9 Å². The van der Waals surface area contributed by atoms with E-state index in [0.29, 0.717) is 11.1 Å². The van der Waals surface area contributed by atoms with E-state index in [0.717, 1.165) is 41.1 Å². The van der Waals surface area contributed by atoms with Gasteiger partial charge in [-0.2, -0.15) is 4.57 Å². The number of hydrogen-bond donors (Lipinski definition) is 0. The number of nitro groups is 1. The maximum absolute atomic E-state index is 12.9. The number of hydrogen-bond acceptors (Lipinski definition) is 7. The standard InChI is InChI=1S/C26H19N2O7.ClH/c1-32-22-6-5-15-10-21-19-12-24-23(33-14-34-24)11-16(19)7-8-27(21)13-20(15)25(22)35-26(29)17-3-2-4-18(9-17)28(30)31;/h2-6,9-13H,7-8,14H2,1H3;1H/q+1;/p-1. The van der Waals surface area contributed by atoms with Crippen LogP contribution in [0.2, 0.25) is 0 Å². The zero-order valence-corrected chi connectivity index (χ0v) is 19.8. The summed E-state index contributed by atoms with van der Waals surface area (Å²) in [6, 6.07) is 15.2. The second kappa shape index (κ2) is 9.01. The van der Waals surface area contributed by atoms with Gasteiger partial charge < -0.3 is 31.4 Å². The molecular formula is C26H19ClN2O7. The van der Waals surface area contributed by atoms with Gasteiger partial charge in [0.15, 0.2) is 35.7 Å². The fourth-order valence-electron chi connectivity index (χ4n) is 4.56. The molecule has 10 heteroatoms. The van der Waals surface area contributed by atoms with Crippen LogP contribution in [0, 0.1) is 10.1 Å². The molecule has 0 bridgehead atoms. The molecule has 6 rings (SSSR count). The van der Waals surface area contributed by atoms with Crippen LogP contribution in [-0.4, -0.2) is 24.8 Å². The van der Waals surface area contributed by atoms with Gasteiger partial charge in [0.25, 0.3) is 5.69 Å². The number of carbonyl (C=O) groups is 1. The minimum atomic E-state index is -0.708. The van der Waals surface area contributed by atoms with Crippen molar-refractivity contribution in [1.82, 2.24) is 0 Å². The van der Waals surface area contributed by atoms with Crippen LogP contribution < -0.4 is 35.9 Å². The molecule has 36 heavy (non-hydrogen) atoms. The third-order valence-electron chi connectivity index (χ3n) is 6.28. The van der Waals surface area contributed by atoms with E-state index >= 15 is 0 Å². The molecule has 0 spiro atoms. The minimum Gasteiger partial charge on any atom is -1.00 e. The number of aryl methyl sites for hydroxylation is 2. The van der Waals surface area contributed by atoms with E-state index in [1.54, 1.807) is 6.07 Å². The number of nitrogens with zero attached hydrogens (tertiary/aromatic N) is 2. The van der Waals surface area contributed by atoms with Crippen molar-refractivity contribution in [3.05, 3.63) is 82.0 Å². The summed E-state index contributed by atoms with van der Waals surface area (Å²) in [5.74, 6) is 1.42. The van der Waals surface area contributed by atoms with Crippen LogP contribution in [0.5, 0.6) is 23.0 Å². The largest absolute Gasteiger partial charge is 1.00 e. The van der Waals surface area contributed by atoms with Gasteiger partial charge >= 0.3 is 5.97 Å². The Balaban J connectivity index is 0.00000267. The topological polar surface area (TPSA) is 101 Å². The molecule has 0 fully saturated rings. The number of nitro benzene ring substituents is 1. The Morgan fingerprint density at radius 1 is 1.08 bits per heavy atom. The fourth-order valence-corrected chi connectivity index (χ4v) is 4.56. The highest BCUT2D eigenvalue weighted by Gasteiger charge is 2.29. The molecule has 3 aromatic carbocycles. The first-order valence-corrected chi connectivity index (χ1v) is 11.0. The summed E-state index contributed by atoms with van der Waals surface area (Å²) in [7, 11) is 1.50. The molecule has 0 radical (unpaired) electrons. The second-order valence-electron chi connectivity index (χ2n) is 8.26. The Morgan fingerprint density at radius 3 is 2.67 bits per heavy atom. The van der Waals surface area contributed by atoms with Crippen molar-refractivity contribution in [2.75, 3.05) is 13.9 Å². The van der Waals surface area contributed by atoms with E-state index in [1.807, 2.05) is 30.5 Å². The average molecular weight is 507 g/mol. The van der Waals surface area contributed by atoms with E-state index in [-0.39, 0.29) is 36.2 Å². The van der Waals surface area contributed by atoms with Gasteiger partial charge in [0, 0.05) is 24.6 Å². The molecular weight excluding hydrogens is 488 g/mol. The van der Waals surface area contributed by atoms with Crippen molar-refractivity contribution < 1.29 is 45.6 Å². The van der Waals surface area contributed by atoms with Gasteiger partial charge in [0.2, 0.25) is 12.5 Å². The van der Waals surface area contributed by atoms with Crippen molar-refractivity contribution in [1.29, 1.82) is 0 Å². The Hall–Kier alpha value is -4.37. The number of methoxy groups -OCH3 is 1. The molecule has 2 aliphatic heterocycles. The molecule has 0 amide bonds. The van der Waals surface area contributed by atoms with Crippen molar-refractivity contribution in [3.8, 4) is 34.3 Å². The predicted molar refractivity (Wildman–Crippen MR) is 124 cm³/mol. The summed E-state index contributed by atoms with van der Waals surface area (Å²) in [6.45, 7) is 0.947. The Labute approximate surface area is 211 Å². The lowest BCUT2D eigenvalue weighted by atomic mass is 9.95. The first kappa shape index (κ1) is 23.4.